The fraction of sp³-hybridized carbons (Fsp3) is 0.0417. The van der Waals surface area contributed by atoms with E-state index in [0.29, 0.717) is 0 Å². The van der Waals surface area contributed by atoms with Crippen LogP contribution in [0.3, 0.4) is 0 Å². The Morgan fingerprint density at radius 1 is 0.667 bits per heavy atom. The molecule has 0 bridgehead atoms. The third kappa shape index (κ3) is 3.04. The maximum atomic E-state index is 4.80. The van der Waals surface area contributed by atoms with Crippen LogP contribution in [0.1, 0.15) is 0 Å². The van der Waals surface area contributed by atoms with Crippen molar-refractivity contribution >= 4 is 52.3 Å². The molecule has 146 valence electrons. The summed E-state index contributed by atoms with van der Waals surface area (Å²) >= 11 is -2.15. The monoisotopic (exact) mass is 516 g/mol. The minimum atomic E-state index is -3.75. The first-order valence-electron chi connectivity index (χ1n) is 9.75. The van der Waals surface area contributed by atoms with E-state index in [-0.39, 0.29) is 0 Å². The number of aromatic nitrogens is 4. The van der Waals surface area contributed by atoms with E-state index < -0.39 is 18.7 Å². The molecule has 0 N–H and O–H groups in total. The van der Waals surface area contributed by atoms with E-state index in [1.54, 1.807) is 18.1 Å². The van der Waals surface area contributed by atoms with Crippen LogP contribution in [0.25, 0.3) is 11.2 Å². The molecule has 0 fully saturated rings. The molecule has 0 unspecified atom stereocenters. The van der Waals surface area contributed by atoms with Gasteiger partial charge in [-0.2, -0.15) is 0 Å². The Hall–Kier alpha value is -2.64. The number of rotatable bonds is 5. The van der Waals surface area contributed by atoms with E-state index in [1.807, 2.05) is 12.6 Å². The van der Waals surface area contributed by atoms with Gasteiger partial charge in [0.1, 0.15) is 0 Å². The Morgan fingerprint density at radius 2 is 1.17 bits per heavy atom. The summed E-state index contributed by atoms with van der Waals surface area (Å²) in [7, 11) is 0. The molecule has 0 atom stereocenters. The number of nitrogens with zero attached hydrogens (tertiary/aromatic N) is 4. The third-order valence-electron chi connectivity index (χ3n) is 5.43. The number of thioether (sulfide) groups is 1. The average Bonchev–Trinajstić information content (AvgIpc) is 3.26. The zero-order valence-corrected chi connectivity index (χ0v) is 20.2. The van der Waals surface area contributed by atoms with Gasteiger partial charge in [0, 0.05) is 0 Å². The van der Waals surface area contributed by atoms with E-state index >= 15 is 0 Å². The molecule has 0 aliphatic heterocycles. The van der Waals surface area contributed by atoms with Crippen molar-refractivity contribution < 1.29 is 0 Å². The predicted octanol–water partition coefficient (Wildman–Crippen LogP) is 3.06. The van der Waals surface area contributed by atoms with Gasteiger partial charge in [-0.1, -0.05) is 0 Å². The van der Waals surface area contributed by atoms with Crippen LogP contribution in [-0.2, 0) is 0 Å². The van der Waals surface area contributed by atoms with Crippen LogP contribution in [0.4, 0.5) is 0 Å². The van der Waals surface area contributed by atoms with Gasteiger partial charge in [-0.15, -0.1) is 0 Å². The summed E-state index contributed by atoms with van der Waals surface area (Å²) in [6.07, 6.45) is 5.68. The van der Waals surface area contributed by atoms with Gasteiger partial charge in [0.15, 0.2) is 0 Å². The van der Waals surface area contributed by atoms with Gasteiger partial charge < -0.3 is 0 Å². The molecule has 0 saturated heterocycles. The molecule has 0 radical (unpaired) electrons. The van der Waals surface area contributed by atoms with Crippen molar-refractivity contribution in [2.45, 2.75) is 5.03 Å². The summed E-state index contributed by atoms with van der Waals surface area (Å²) in [4.78, 5) is 14.0. The molecule has 6 heteroatoms. The van der Waals surface area contributed by atoms with Crippen LogP contribution in [0, 0.1) is 0 Å². The third-order valence-corrected chi connectivity index (χ3v) is 19.1. The molecular weight excluding hydrogens is 495 g/mol. The Morgan fingerprint density at radius 3 is 1.63 bits per heavy atom. The first kappa shape index (κ1) is 19.3. The molecule has 2 heterocycles. The van der Waals surface area contributed by atoms with E-state index in [4.69, 9.17) is 9.97 Å². The second-order valence-corrected chi connectivity index (χ2v) is 18.1. The van der Waals surface area contributed by atoms with E-state index in [0.717, 1.165) is 16.2 Å². The molecule has 0 spiro atoms. The van der Waals surface area contributed by atoms with E-state index in [2.05, 4.69) is 98.8 Å². The van der Waals surface area contributed by atoms with Crippen LogP contribution < -0.4 is 10.7 Å². The fourth-order valence-electron chi connectivity index (χ4n) is 4.16. The van der Waals surface area contributed by atoms with Gasteiger partial charge in [0.05, 0.1) is 0 Å². The van der Waals surface area contributed by atoms with E-state index in [9.17, 15) is 0 Å². The molecule has 3 aromatic carbocycles. The second kappa shape index (κ2) is 8.24. The first-order chi connectivity index (χ1) is 14.9. The molecular formula is C24H20N4SSn. The van der Waals surface area contributed by atoms with Crippen molar-refractivity contribution in [1.82, 2.24) is 17.7 Å². The molecule has 30 heavy (non-hydrogen) atoms. The fourth-order valence-corrected chi connectivity index (χ4v) is 17.7. The molecule has 4 nitrogen and oxygen atoms in total. The quantitative estimate of drug-likeness (QED) is 0.205. The number of hydrogen-bond donors (Lipinski definition) is 0. The standard InChI is InChI=1S/C6H5N4S.3C6H5.Sn/c1-11-6-4-5(8-2-7-4)9-3-10-6;3*1-2-4-6-5-3-1;/h2-3H,1H3;3*1-5H;/q-1;;;;+1. The van der Waals surface area contributed by atoms with Gasteiger partial charge in [-0.25, -0.2) is 0 Å². The topological polar surface area (TPSA) is 43.6 Å². The number of benzene rings is 3. The summed E-state index contributed by atoms with van der Waals surface area (Å²) in [6.45, 7) is 0. The van der Waals surface area contributed by atoms with E-state index in [1.165, 1.54) is 10.7 Å². The molecule has 0 aliphatic carbocycles. The van der Waals surface area contributed by atoms with Crippen LogP contribution in [0.5, 0.6) is 0 Å². The van der Waals surface area contributed by atoms with Crippen molar-refractivity contribution in [3.8, 4) is 0 Å². The average molecular weight is 515 g/mol. The van der Waals surface area contributed by atoms with Crippen molar-refractivity contribution in [1.29, 1.82) is 0 Å². The molecule has 0 saturated carbocycles. The molecule has 0 aliphatic rings. The molecule has 5 rings (SSSR count). The Kier molecular flexibility index (Phi) is 5.31. The van der Waals surface area contributed by atoms with Gasteiger partial charge in [0.25, 0.3) is 0 Å². The van der Waals surface area contributed by atoms with Gasteiger partial charge in [-0.05, 0) is 0 Å². The summed E-state index contributed by atoms with van der Waals surface area (Å²) in [5.74, 6) is 0. The summed E-state index contributed by atoms with van der Waals surface area (Å²) < 4.78 is 6.46. The number of hydrogen-bond acceptors (Lipinski definition) is 4. The SMILES string of the molecule is CSc1ncnc2c1nc[n]2[Sn]([c]1ccccc1)([c]1ccccc1)[c]1ccccc1. The Balaban J connectivity index is 1.95. The number of fused-ring (bicyclic) bond motifs is 1. The Bertz CT molecular complexity index is 1180. The van der Waals surface area contributed by atoms with Crippen molar-refractivity contribution in [3.63, 3.8) is 0 Å². The van der Waals surface area contributed by atoms with Crippen LogP contribution in [-0.4, -0.2) is 42.6 Å². The number of imidazole rings is 1. The summed E-state index contributed by atoms with van der Waals surface area (Å²) in [6, 6.07) is 32.6. The van der Waals surface area contributed by atoms with Gasteiger partial charge in [-0.3, -0.25) is 0 Å². The van der Waals surface area contributed by atoms with Crippen LogP contribution in [0.15, 0.2) is 109 Å². The van der Waals surface area contributed by atoms with Crippen molar-refractivity contribution in [2.75, 3.05) is 6.26 Å². The zero-order chi connectivity index (χ0) is 20.4. The summed E-state index contributed by atoms with van der Waals surface area (Å²) in [5, 5.41) is 0.910. The molecule has 2 aromatic heterocycles. The maximum absolute atomic E-state index is 4.80. The minimum absolute atomic E-state index is 0.869. The first-order valence-corrected chi connectivity index (χ1v) is 16.5. The van der Waals surface area contributed by atoms with Crippen LogP contribution in [0.2, 0.25) is 0 Å². The normalized spacial score (nSPS) is 11.6. The second-order valence-electron chi connectivity index (χ2n) is 6.98. The van der Waals surface area contributed by atoms with Crippen molar-refractivity contribution in [2.24, 2.45) is 0 Å². The van der Waals surface area contributed by atoms with Gasteiger partial charge >= 0.3 is 185 Å². The molecule has 5 aromatic rings. The molecule has 0 amide bonds. The Labute approximate surface area is 184 Å². The summed E-state index contributed by atoms with van der Waals surface area (Å²) in [5.41, 5.74) is 1.77. The van der Waals surface area contributed by atoms with Crippen LogP contribution >= 0.6 is 11.8 Å². The van der Waals surface area contributed by atoms with Gasteiger partial charge in [0.2, 0.25) is 0 Å². The zero-order valence-electron chi connectivity index (χ0n) is 16.5. The van der Waals surface area contributed by atoms with Crippen molar-refractivity contribution in [3.05, 3.63) is 104 Å². The predicted molar refractivity (Wildman–Crippen MR) is 126 cm³/mol.